The fourth-order valence-corrected chi connectivity index (χ4v) is 2.09. The molecule has 0 saturated carbocycles. The summed E-state index contributed by atoms with van der Waals surface area (Å²) in [7, 11) is 0. The maximum Gasteiger partial charge on any atom is 0.405 e. The second-order valence-electron chi connectivity index (χ2n) is 4.99. The molecule has 2 aromatic rings. The number of anilines is 1. The Hall–Kier alpha value is -2.91. The van der Waals surface area contributed by atoms with E-state index in [0.717, 1.165) is 0 Å². The van der Waals surface area contributed by atoms with Crippen molar-refractivity contribution in [3.63, 3.8) is 0 Å². The van der Waals surface area contributed by atoms with Gasteiger partial charge in [0, 0.05) is 22.8 Å². The number of non-ortho nitro benzene ring substituents is 1. The molecule has 128 valence electrons. The Labute approximate surface area is 134 Å². The van der Waals surface area contributed by atoms with Crippen LogP contribution in [0.5, 0.6) is 0 Å². The third-order valence-corrected chi connectivity index (χ3v) is 3.07. The van der Waals surface area contributed by atoms with E-state index >= 15 is 0 Å². The van der Waals surface area contributed by atoms with Crippen molar-refractivity contribution in [3.05, 3.63) is 40.1 Å². The van der Waals surface area contributed by atoms with Crippen LogP contribution in [-0.4, -0.2) is 35.1 Å². The number of nitrogens with one attached hydrogen (secondary N) is 2. The van der Waals surface area contributed by atoms with Crippen LogP contribution in [0.3, 0.4) is 0 Å². The van der Waals surface area contributed by atoms with E-state index in [4.69, 9.17) is 0 Å². The van der Waals surface area contributed by atoms with Gasteiger partial charge in [0.1, 0.15) is 6.54 Å². The highest BCUT2D eigenvalue weighted by Gasteiger charge is 2.27. The van der Waals surface area contributed by atoms with Gasteiger partial charge in [-0.25, -0.2) is 4.98 Å². The molecule has 10 heteroatoms. The van der Waals surface area contributed by atoms with Crippen molar-refractivity contribution in [2.75, 3.05) is 18.4 Å². The maximum atomic E-state index is 12.1. The predicted molar refractivity (Wildman–Crippen MR) is 80.7 cm³/mol. The Morgan fingerprint density at radius 1 is 1.38 bits per heavy atom. The normalized spacial score (nSPS) is 11.3. The first kappa shape index (κ1) is 17.4. The van der Waals surface area contributed by atoms with Gasteiger partial charge in [0.15, 0.2) is 5.52 Å². The maximum absolute atomic E-state index is 12.1. The van der Waals surface area contributed by atoms with Crippen LogP contribution >= 0.6 is 0 Å². The van der Waals surface area contributed by atoms with Crippen molar-refractivity contribution < 1.29 is 22.9 Å². The second kappa shape index (κ2) is 6.69. The van der Waals surface area contributed by atoms with Gasteiger partial charge in [-0.1, -0.05) is 12.1 Å². The number of carbonyl (C=O) groups is 1. The predicted octanol–water partition coefficient (Wildman–Crippen LogP) is 2.54. The van der Waals surface area contributed by atoms with Crippen LogP contribution in [0.2, 0.25) is 0 Å². The van der Waals surface area contributed by atoms with E-state index in [-0.39, 0.29) is 11.2 Å². The lowest BCUT2D eigenvalue weighted by Gasteiger charge is -2.12. The lowest BCUT2D eigenvalue weighted by molar-refractivity contribution is -0.383. The van der Waals surface area contributed by atoms with Gasteiger partial charge in [-0.15, -0.1) is 0 Å². The van der Waals surface area contributed by atoms with Gasteiger partial charge in [-0.3, -0.25) is 14.9 Å². The average Bonchev–Trinajstić information content (AvgIpc) is 2.49. The molecule has 0 radical (unpaired) electrons. The molecule has 0 aliphatic heterocycles. The van der Waals surface area contributed by atoms with Gasteiger partial charge in [0.25, 0.3) is 5.69 Å². The molecule has 1 aromatic carbocycles. The largest absolute Gasteiger partial charge is 0.405 e. The third kappa shape index (κ3) is 4.31. The molecule has 0 atom stereocenters. The van der Waals surface area contributed by atoms with Crippen LogP contribution in [-0.2, 0) is 4.79 Å². The summed E-state index contributed by atoms with van der Waals surface area (Å²) in [5.41, 5.74) is 0.792. The van der Waals surface area contributed by atoms with Crippen molar-refractivity contribution in [3.8, 4) is 0 Å². The topological polar surface area (TPSA) is 97.2 Å². The highest BCUT2D eigenvalue weighted by atomic mass is 19.4. The van der Waals surface area contributed by atoms with Gasteiger partial charge < -0.3 is 10.6 Å². The van der Waals surface area contributed by atoms with Gasteiger partial charge in [-0.2, -0.15) is 13.2 Å². The zero-order chi connectivity index (χ0) is 17.9. The molecule has 0 spiro atoms. The molecule has 0 bridgehead atoms. The molecule has 0 aliphatic carbocycles. The van der Waals surface area contributed by atoms with Crippen molar-refractivity contribution in [1.29, 1.82) is 0 Å². The highest BCUT2D eigenvalue weighted by molar-refractivity contribution is 5.97. The Morgan fingerprint density at radius 2 is 2.08 bits per heavy atom. The number of nitro groups is 1. The van der Waals surface area contributed by atoms with Crippen LogP contribution < -0.4 is 10.6 Å². The van der Waals surface area contributed by atoms with E-state index in [2.05, 4.69) is 10.3 Å². The van der Waals surface area contributed by atoms with Crippen molar-refractivity contribution in [2.45, 2.75) is 13.1 Å². The number of halogens is 3. The number of para-hydroxylation sites is 1. The summed E-state index contributed by atoms with van der Waals surface area (Å²) < 4.78 is 36.2. The van der Waals surface area contributed by atoms with E-state index in [1.807, 2.05) is 0 Å². The smallest absolute Gasteiger partial charge is 0.376 e. The fraction of sp³-hybridized carbons (Fsp3) is 0.286. The van der Waals surface area contributed by atoms with Gasteiger partial charge in [0.05, 0.1) is 11.5 Å². The van der Waals surface area contributed by atoms with Crippen LogP contribution in [0.15, 0.2) is 24.3 Å². The number of hydrogen-bond donors (Lipinski definition) is 2. The lowest BCUT2D eigenvalue weighted by atomic mass is 10.1. The number of aromatic nitrogens is 1. The summed E-state index contributed by atoms with van der Waals surface area (Å²) in [5.74, 6) is -0.847. The molecule has 24 heavy (non-hydrogen) atoms. The minimum absolute atomic E-state index is 0.140. The Morgan fingerprint density at radius 3 is 2.71 bits per heavy atom. The number of alkyl halides is 3. The number of pyridine rings is 1. The van der Waals surface area contributed by atoms with E-state index in [0.29, 0.717) is 16.8 Å². The molecule has 0 saturated heterocycles. The van der Waals surface area contributed by atoms with Gasteiger partial charge in [-0.05, 0) is 13.0 Å². The highest BCUT2D eigenvalue weighted by Crippen LogP contribution is 2.29. The molecule has 1 amide bonds. The zero-order valence-electron chi connectivity index (χ0n) is 12.5. The quantitative estimate of drug-likeness (QED) is 0.643. The number of amides is 1. The molecule has 0 aliphatic rings. The Kier molecular flexibility index (Phi) is 4.86. The molecule has 0 fully saturated rings. The molecule has 1 heterocycles. The summed E-state index contributed by atoms with van der Waals surface area (Å²) in [6.45, 7) is -0.211. The van der Waals surface area contributed by atoms with E-state index in [1.165, 1.54) is 12.1 Å². The number of benzene rings is 1. The van der Waals surface area contributed by atoms with Crippen LogP contribution in [0.25, 0.3) is 10.9 Å². The summed E-state index contributed by atoms with van der Waals surface area (Å²) in [4.78, 5) is 26.1. The molecule has 2 rings (SSSR count). The third-order valence-electron chi connectivity index (χ3n) is 3.07. The fourth-order valence-electron chi connectivity index (χ4n) is 2.09. The van der Waals surface area contributed by atoms with Gasteiger partial charge in [0.2, 0.25) is 5.91 Å². The van der Waals surface area contributed by atoms with Crippen molar-refractivity contribution >= 4 is 28.2 Å². The minimum Gasteiger partial charge on any atom is -0.376 e. The monoisotopic (exact) mass is 342 g/mol. The SMILES string of the molecule is Cc1cc(NCC(=O)NCC(F)(F)F)c2cccc([N+](=O)[O-])c2n1. The van der Waals surface area contributed by atoms with Crippen LogP contribution in [0, 0.1) is 17.0 Å². The van der Waals surface area contributed by atoms with Crippen molar-refractivity contribution in [1.82, 2.24) is 10.3 Å². The van der Waals surface area contributed by atoms with Crippen LogP contribution in [0.4, 0.5) is 24.5 Å². The van der Waals surface area contributed by atoms with Crippen LogP contribution in [0.1, 0.15) is 5.69 Å². The summed E-state index contributed by atoms with van der Waals surface area (Å²) >= 11 is 0. The summed E-state index contributed by atoms with van der Waals surface area (Å²) in [6.07, 6.45) is -4.49. The number of aryl methyl sites for hydroxylation is 1. The number of nitrogens with zero attached hydrogens (tertiary/aromatic N) is 2. The summed E-state index contributed by atoms with van der Waals surface area (Å²) in [6, 6.07) is 5.90. The zero-order valence-corrected chi connectivity index (χ0v) is 12.5. The molecule has 7 nitrogen and oxygen atoms in total. The number of fused-ring (bicyclic) bond motifs is 1. The Bertz CT molecular complexity index is 793. The first-order chi connectivity index (χ1) is 11.2. The first-order valence-corrected chi connectivity index (χ1v) is 6.79. The standard InChI is InChI=1S/C14H13F3N4O3/c1-8-5-10(18-6-12(22)19-7-14(15,16)17)9-3-2-4-11(21(23)24)13(9)20-8/h2-5H,6-7H2,1H3,(H,18,20)(H,19,22). The van der Waals surface area contributed by atoms with E-state index in [9.17, 15) is 28.1 Å². The molecular weight excluding hydrogens is 329 g/mol. The number of rotatable bonds is 5. The molecule has 2 N–H and O–H groups in total. The van der Waals surface area contributed by atoms with E-state index < -0.39 is 30.1 Å². The number of hydrogen-bond acceptors (Lipinski definition) is 5. The Balaban J connectivity index is 2.22. The lowest BCUT2D eigenvalue weighted by Crippen LogP contribution is -2.37. The number of carbonyl (C=O) groups excluding carboxylic acids is 1. The summed E-state index contributed by atoms with van der Waals surface area (Å²) in [5, 5.41) is 15.9. The van der Waals surface area contributed by atoms with E-state index in [1.54, 1.807) is 24.4 Å². The average molecular weight is 342 g/mol. The van der Waals surface area contributed by atoms with Gasteiger partial charge >= 0.3 is 6.18 Å². The second-order valence-corrected chi connectivity index (χ2v) is 4.99. The molecule has 1 aromatic heterocycles. The number of nitro benzene ring substituents is 1. The van der Waals surface area contributed by atoms with Crippen molar-refractivity contribution in [2.24, 2.45) is 0 Å². The molecular formula is C14H13F3N4O3. The first-order valence-electron chi connectivity index (χ1n) is 6.79. The molecule has 0 unspecified atom stereocenters. The minimum atomic E-state index is -4.49.